The highest BCUT2D eigenvalue weighted by Crippen LogP contribution is 2.29. The molecule has 1 heterocycles. The van der Waals surface area contributed by atoms with Crippen LogP contribution in [0.4, 0.5) is 5.69 Å². The monoisotopic (exact) mass is 386 g/mol. The number of rotatable bonds is 3. The van der Waals surface area contributed by atoms with Crippen molar-refractivity contribution in [2.24, 2.45) is 7.05 Å². The van der Waals surface area contributed by atoms with E-state index in [4.69, 9.17) is 0 Å². The van der Waals surface area contributed by atoms with E-state index in [1.54, 1.807) is 37.4 Å². The molecule has 0 saturated heterocycles. The average molecular weight is 386 g/mol. The van der Waals surface area contributed by atoms with Gasteiger partial charge in [0.2, 0.25) is 0 Å². The van der Waals surface area contributed by atoms with Crippen LogP contribution in [0.3, 0.4) is 0 Å². The molecule has 6 nitrogen and oxygen atoms in total. The summed E-state index contributed by atoms with van der Waals surface area (Å²) in [5, 5.41) is 11.1. The van der Waals surface area contributed by atoms with Gasteiger partial charge in [-0.15, -0.1) is 0 Å². The number of thiazole rings is 1. The van der Waals surface area contributed by atoms with E-state index in [0.29, 0.717) is 21.3 Å². The minimum atomic E-state index is -3.85. The summed E-state index contributed by atoms with van der Waals surface area (Å²) in [6.45, 7) is 0. The number of nitrogens with one attached hydrogen (secondary N) is 1. The normalized spacial score (nSPS) is 11.9. The molecular formula is C18H14N2O4S2. The topological polar surface area (TPSA) is 88.4 Å². The van der Waals surface area contributed by atoms with Gasteiger partial charge in [0.1, 0.15) is 5.75 Å². The summed E-state index contributed by atoms with van der Waals surface area (Å²) in [5.41, 5.74) is 1.06. The van der Waals surface area contributed by atoms with Gasteiger partial charge in [-0.25, -0.2) is 8.42 Å². The summed E-state index contributed by atoms with van der Waals surface area (Å²) >= 11 is 1.00. The Kier molecular flexibility index (Phi) is 3.74. The average Bonchev–Trinajstić information content (AvgIpc) is 2.89. The van der Waals surface area contributed by atoms with Gasteiger partial charge in [-0.3, -0.25) is 9.52 Å². The molecule has 0 atom stereocenters. The van der Waals surface area contributed by atoms with Gasteiger partial charge in [0.25, 0.3) is 10.0 Å². The lowest BCUT2D eigenvalue weighted by Gasteiger charge is -2.11. The van der Waals surface area contributed by atoms with Gasteiger partial charge in [-0.2, -0.15) is 0 Å². The maximum absolute atomic E-state index is 12.8. The van der Waals surface area contributed by atoms with Gasteiger partial charge < -0.3 is 9.67 Å². The molecule has 132 valence electrons. The first kappa shape index (κ1) is 16.6. The van der Waals surface area contributed by atoms with E-state index in [1.165, 1.54) is 22.8 Å². The van der Waals surface area contributed by atoms with Crippen LogP contribution in [0.1, 0.15) is 0 Å². The van der Waals surface area contributed by atoms with Crippen molar-refractivity contribution in [1.29, 1.82) is 0 Å². The fraction of sp³-hybridized carbons (Fsp3) is 0.0556. The number of aryl methyl sites for hydroxylation is 1. The molecule has 4 rings (SSSR count). The molecule has 0 amide bonds. The Labute approximate surface area is 153 Å². The van der Waals surface area contributed by atoms with Crippen LogP contribution in [0.2, 0.25) is 0 Å². The molecule has 3 aromatic carbocycles. The molecule has 2 N–H and O–H groups in total. The van der Waals surface area contributed by atoms with Crippen molar-refractivity contribution >= 4 is 48.0 Å². The van der Waals surface area contributed by atoms with Crippen LogP contribution in [0, 0.1) is 0 Å². The Balaban J connectivity index is 1.81. The molecule has 0 aliphatic carbocycles. The number of phenolic OH excluding ortho intramolecular Hbond substituents is 1. The number of aromatic nitrogens is 1. The van der Waals surface area contributed by atoms with E-state index in [1.807, 2.05) is 6.07 Å². The summed E-state index contributed by atoms with van der Waals surface area (Å²) < 4.78 is 30.3. The number of phenols is 1. The van der Waals surface area contributed by atoms with Gasteiger partial charge in [-0.05, 0) is 41.8 Å². The third kappa shape index (κ3) is 2.73. The second-order valence-corrected chi connectivity index (χ2v) is 8.55. The van der Waals surface area contributed by atoms with Crippen molar-refractivity contribution in [3.8, 4) is 5.75 Å². The fourth-order valence-corrected chi connectivity index (χ4v) is 4.93. The van der Waals surface area contributed by atoms with Crippen molar-refractivity contribution in [2.75, 3.05) is 4.72 Å². The third-order valence-corrected chi connectivity index (χ3v) is 6.54. The van der Waals surface area contributed by atoms with E-state index in [9.17, 15) is 18.3 Å². The number of aromatic hydroxyl groups is 1. The fourth-order valence-electron chi connectivity index (χ4n) is 2.83. The summed E-state index contributed by atoms with van der Waals surface area (Å²) in [4.78, 5) is 11.7. The highest BCUT2D eigenvalue weighted by atomic mass is 32.2. The molecule has 0 bridgehead atoms. The van der Waals surface area contributed by atoms with Crippen molar-refractivity contribution in [2.45, 2.75) is 4.90 Å². The summed E-state index contributed by atoms with van der Waals surface area (Å²) in [7, 11) is -2.20. The predicted octanol–water partition coefficient (Wildman–Crippen LogP) is 3.26. The van der Waals surface area contributed by atoms with Gasteiger partial charge in [0.05, 0.1) is 20.8 Å². The number of hydrogen-bond acceptors (Lipinski definition) is 5. The van der Waals surface area contributed by atoms with Crippen molar-refractivity contribution < 1.29 is 13.5 Å². The predicted molar refractivity (Wildman–Crippen MR) is 103 cm³/mol. The number of benzene rings is 3. The lowest BCUT2D eigenvalue weighted by atomic mass is 10.1. The highest BCUT2D eigenvalue weighted by molar-refractivity contribution is 7.92. The molecule has 4 aromatic rings. The quantitative estimate of drug-likeness (QED) is 0.566. The van der Waals surface area contributed by atoms with E-state index in [0.717, 1.165) is 16.7 Å². The van der Waals surface area contributed by atoms with Crippen LogP contribution in [0.15, 0.2) is 64.3 Å². The summed E-state index contributed by atoms with van der Waals surface area (Å²) in [5.74, 6) is 0.0552. The van der Waals surface area contributed by atoms with Crippen molar-refractivity contribution in [3.63, 3.8) is 0 Å². The largest absolute Gasteiger partial charge is 0.508 e. The molecule has 0 aliphatic heterocycles. The second kappa shape index (κ2) is 5.86. The zero-order valence-electron chi connectivity index (χ0n) is 13.6. The second-order valence-electron chi connectivity index (χ2n) is 5.87. The zero-order chi connectivity index (χ0) is 18.5. The summed E-state index contributed by atoms with van der Waals surface area (Å²) in [6.07, 6.45) is 0. The van der Waals surface area contributed by atoms with Gasteiger partial charge in [0.15, 0.2) is 0 Å². The molecule has 1 aromatic heterocycles. The lowest BCUT2D eigenvalue weighted by molar-refractivity contribution is 0.476. The van der Waals surface area contributed by atoms with Gasteiger partial charge in [0, 0.05) is 12.4 Å². The molecule has 26 heavy (non-hydrogen) atoms. The maximum Gasteiger partial charge on any atom is 0.307 e. The van der Waals surface area contributed by atoms with E-state index < -0.39 is 10.0 Å². The minimum absolute atomic E-state index is 0.0552. The van der Waals surface area contributed by atoms with Crippen LogP contribution in [-0.2, 0) is 17.1 Å². The number of fused-ring (bicyclic) bond motifs is 2. The first-order valence-corrected chi connectivity index (χ1v) is 9.99. The Morgan fingerprint density at radius 3 is 2.69 bits per heavy atom. The highest BCUT2D eigenvalue weighted by Gasteiger charge is 2.17. The smallest absolute Gasteiger partial charge is 0.307 e. The van der Waals surface area contributed by atoms with Gasteiger partial charge in [-0.1, -0.05) is 29.5 Å². The standard InChI is InChI=1S/C18H14N2O4S2/c1-20-16-8-7-13(10-17(16)25-18(20)22)26(23,24)19-15-4-2-3-11-5-6-12(21)9-14(11)15/h2-10,19,21H,1H3. The molecule has 0 spiro atoms. The third-order valence-electron chi connectivity index (χ3n) is 4.18. The number of sulfonamides is 1. The van der Waals surface area contributed by atoms with Crippen LogP contribution < -0.4 is 9.60 Å². The summed E-state index contributed by atoms with van der Waals surface area (Å²) in [6, 6.07) is 14.6. The molecule has 0 saturated carbocycles. The first-order valence-electron chi connectivity index (χ1n) is 7.69. The van der Waals surface area contributed by atoms with Crippen LogP contribution in [0.5, 0.6) is 5.75 Å². The van der Waals surface area contributed by atoms with Gasteiger partial charge >= 0.3 is 4.87 Å². The number of hydrogen-bond donors (Lipinski definition) is 2. The van der Waals surface area contributed by atoms with Crippen molar-refractivity contribution in [3.05, 3.63) is 64.3 Å². The van der Waals surface area contributed by atoms with Crippen LogP contribution in [0.25, 0.3) is 21.0 Å². The molecule has 0 radical (unpaired) electrons. The Morgan fingerprint density at radius 2 is 1.88 bits per heavy atom. The molecule has 0 fully saturated rings. The van der Waals surface area contributed by atoms with Crippen LogP contribution in [-0.4, -0.2) is 18.1 Å². The first-order chi connectivity index (χ1) is 12.3. The Morgan fingerprint density at radius 1 is 1.08 bits per heavy atom. The van der Waals surface area contributed by atoms with E-state index >= 15 is 0 Å². The molecular weight excluding hydrogens is 372 g/mol. The van der Waals surface area contributed by atoms with Crippen molar-refractivity contribution in [1.82, 2.24) is 4.57 Å². The molecule has 0 unspecified atom stereocenters. The number of anilines is 1. The Bertz CT molecular complexity index is 1320. The number of nitrogens with zero attached hydrogens (tertiary/aromatic N) is 1. The lowest BCUT2D eigenvalue weighted by Crippen LogP contribution is -2.13. The minimum Gasteiger partial charge on any atom is -0.508 e. The SMILES string of the molecule is Cn1c(=O)sc2cc(S(=O)(=O)Nc3cccc4ccc(O)cc34)ccc21. The zero-order valence-corrected chi connectivity index (χ0v) is 15.3. The molecule has 0 aliphatic rings. The maximum atomic E-state index is 12.8. The molecule has 8 heteroatoms. The van der Waals surface area contributed by atoms with E-state index in [2.05, 4.69) is 4.72 Å². The van der Waals surface area contributed by atoms with E-state index in [-0.39, 0.29) is 15.5 Å². The Hall–Kier alpha value is -2.84. The van der Waals surface area contributed by atoms with Crippen LogP contribution >= 0.6 is 11.3 Å².